The summed E-state index contributed by atoms with van der Waals surface area (Å²) < 4.78 is 6.53. The topological polar surface area (TPSA) is 137 Å². The van der Waals surface area contributed by atoms with Gasteiger partial charge in [0.1, 0.15) is 18.4 Å². The van der Waals surface area contributed by atoms with E-state index in [9.17, 15) is 24.8 Å². The highest BCUT2D eigenvalue weighted by molar-refractivity contribution is 6.28. The number of carbonyl (C=O) groups is 2. The lowest BCUT2D eigenvalue weighted by Crippen LogP contribution is -2.31. The Morgan fingerprint density at radius 2 is 2.18 bits per heavy atom. The number of hydrogen-bond acceptors (Lipinski definition) is 7. The Kier molecular flexibility index (Phi) is 8.06. The van der Waals surface area contributed by atoms with Crippen LogP contribution >= 0.6 is 11.6 Å². The van der Waals surface area contributed by atoms with Crippen molar-refractivity contribution in [2.45, 2.75) is 56.7 Å². The highest BCUT2D eigenvalue weighted by atomic mass is 35.5. The van der Waals surface area contributed by atoms with E-state index in [1.807, 2.05) is 6.92 Å². The van der Waals surface area contributed by atoms with Gasteiger partial charge in [-0.25, -0.2) is 0 Å². The number of rotatable bonds is 11. The summed E-state index contributed by atoms with van der Waals surface area (Å²) in [5.74, 6) is -1.25. The fraction of sp³-hybridized carbons (Fsp3) is 0.435. The number of benzene rings is 1. The molecule has 34 heavy (non-hydrogen) atoms. The number of nitrogens with zero attached hydrogens (tertiary/aromatic N) is 3. The van der Waals surface area contributed by atoms with E-state index in [-0.39, 0.29) is 42.8 Å². The molecule has 3 atom stereocenters. The number of halogens is 1. The molecule has 3 unspecified atom stereocenters. The maximum atomic E-state index is 12.5. The monoisotopic (exact) mass is 490 g/mol. The van der Waals surface area contributed by atoms with E-state index in [1.165, 1.54) is 10.8 Å². The van der Waals surface area contributed by atoms with Crippen LogP contribution in [0.15, 0.2) is 43.1 Å². The molecule has 1 fully saturated rings. The van der Waals surface area contributed by atoms with Gasteiger partial charge in [-0.1, -0.05) is 37.3 Å². The molecular formula is C23H27ClN4O6. The number of carbonyl (C=O) groups excluding carboxylic acids is 2. The fourth-order valence-corrected chi connectivity index (χ4v) is 4.21. The number of hydrogen-bond donors (Lipinski definition) is 2. The maximum absolute atomic E-state index is 12.5. The van der Waals surface area contributed by atoms with Crippen molar-refractivity contribution in [2.24, 2.45) is 0 Å². The highest BCUT2D eigenvalue weighted by Gasteiger charge is 2.35. The van der Waals surface area contributed by atoms with Gasteiger partial charge in [0.25, 0.3) is 0 Å². The van der Waals surface area contributed by atoms with E-state index in [4.69, 9.17) is 16.3 Å². The molecule has 11 heteroatoms. The van der Waals surface area contributed by atoms with Crippen molar-refractivity contribution >= 4 is 29.3 Å². The van der Waals surface area contributed by atoms with Crippen molar-refractivity contribution in [1.29, 1.82) is 0 Å². The lowest BCUT2D eigenvalue weighted by Gasteiger charge is -2.28. The van der Waals surface area contributed by atoms with E-state index in [0.717, 1.165) is 5.56 Å². The second-order valence-electron chi connectivity index (χ2n) is 8.33. The molecule has 1 amide bonds. The molecule has 0 aliphatic carbocycles. The molecule has 0 bridgehead atoms. The minimum atomic E-state index is -1.45. The number of nitro groups is 1. The Labute approximate surface area is 201 Å². The molecule has 10 nitrogen and oxygen atoms in total. The van der Waals surface area contributed by atoms with E-state index in [1.54, 1.807) is 30.3 Å². The fourth-order valence-electron chi connectivity index (χ4n) is 4.02. The van der Waals surface area contributed by atoms with Gasteiger partial charge in [0, 0.05) is 6.42 Å². The van der Waals surface area contributed by atoms with Crippen molar-refractivity contribution in [3.05, 3.63) is 69.6 Å². The summed E-state index contributed by atoms with van der Waals surface area (Å²) in [6.45, 7) is 5.64. The number of nitrogens with one attached hydrogen (secondary N) is 1. The molecule has 0 radical (unpaired) electrons. The summed E-state index contributed by atoms with van der Waals surface area (Å²) in [4.78, 5) is 38.1. The Morgan fingerprint density at radius 3 is 2.76 bits per heavy atom. The molecule has 2 N–H and O–H groups in total. The standard InChI is InChI=1S/C23H27ClN4O6/c1-3-5-20(29)34-13-17-11-18(21(30)25-17)15-6-8-16(9-7-15)23(31,10-4-2)14-27-12-19(28(32)33)26-22(27)24/h4,6-9,12,17-18,31H,2-3,5,10-11,13-14H2,1H3,(H,25,30). The van der Waals surface area contributed by atoms with Crippen LogP contribution in [0.3, 0.4) is 0 Å². The lowest BCUT2D eigenvalue weighted by molar-refractivity contribution is -0.389. The first-order valence-corrected chi connectivity index (χ1v) is 11.3. The third kappa shape index (κ3) is 5.81. The van der Waals surface area contributed by atoms with Crippen LogP contribution in [-0.4, -0.2) is 44.1 Å². The van der Waals surface area contributed by atoms with Gasteiger partial charge >= 0.3 is 17.1 Å². The average molecular weight is 491 g/mol. The minimum absolute atomic E-state index is 0.0762. The van der Waals surface area contributed by atoms with Gasteiger partial charge in [0.2, 0.25) is 5.91 Å². The summed E-state index contributed by atoms with van der Waals surface area (Å²) in [7, 11) is 0. The molecule has 1 aromatic heterocycles. The van der Waals surface area contributed by atoms with Crippen LogP contribution < -0.4 is 5.32 Å². The summed E-state index contributed by atoms with van der Waals surface area (Å²) in [6, 6.07) is 6.68. The van der Waals surface area contributed by atoms with Crippen molar-refractivity contribution in [1.82, 2.24) is 14.9 Å². The summed E-state index contributed by atoms with van der Waals surface area (Å²) in [6.07, 6.45) is 4.40. The molecule has 182 valence electrons. The summed E-state index contributed by atoms with van der Waals surface area (Å²) >= 11 is 6.02. The van der Waals surface area contributed by atoms with E-state index in [2.05, 4.69) is 16.9 Å². The SMILES string of the molecule is C=CCC(O)(Cn1cc([N+](=O)[O-])nc1Cl)c1ccc(C2CC(COC(=O)CCC)NC2=O)cc1. The first-order chi connectivity index (χ1) is 16.2. The van der Waals surface area contributed by atoms with Crippen LogP contribution in [0.2, 0.25) is 5.28 Å². The Bertz CT molecular complexity index is 1070. The first-order valence-electron chi connectivity index (χ1n) is 10.9. The molecular weight excluding hydrogens is 464 g/mol. The van der Waals surface area contributed by atoms with E-state index in [0.29, 0.717) is 24.8 Å². The van der Waals surface area contributed by atoms with Gasteiger partial charge in [-0.2, -0.15) is 0 Å². The number of amides is 1. The largest absolute Gasteiger partial charge is 0.463 e. The molecule has 3 rings (SSSR count). The first kappa shape index (κ1) is 25.4. The number of ether oxygens (including phenoxy) is 1. The zero-order chi connectivity index (χ0) is 24.9. The van der Waals surface area contributed by atoms with Gasteiger partial charge in [-0.15, -0.1) is 6.58 Å². The van der Waals surface area contributed by atoms with Gasteiger partial charge in [-0.05, 0) is 51.9 Å². The third-order valence-corrected chi connectivity index (χ3v) is 6.05. The zero-order valence-electron chi connectivity index (χ0n) is 18.8. The maximum Gasteiger partial charge on any atom is 0.383 e. The van der Waals surface area contributed by atoms with Crippen LogP contribution in [-0.2, 0) is 26.5 Å². The number of imidazole rings is 1. The summed E-state index contributed by atoms with van der Waals surface area (Å²) in [5.41, 5.74) is -0.153. The van der Waals surface area contributed by atoms with Crippen molar-refractivity contribution in [3.63, 3.8) is 0 Å². The van der Waals surface area contributed by atoms with Crippen LogP contribution in [0.25, 0.3) is 0 Å². The van der Waals surface area contributed by atoms with Gasteiger partial charge in [0.05, 0.1) is 18.5 Å². The predicted molar refractivity (Wildman–Crippen MR) is 124 cm³/mol. The van der Waals surface area contributed by atoms with Crippen LogP contribution in [0.1, 0.15) is 49.7 Å². The van der Waals surface area contributed by atoms with Gasteiger partial charge in [-0.3, -0.25) is 14.2 Å². The lowest BCUT2D eigenvalue weighted by atomic mass is 9.87. The van der Waals surface area contributed by atoms with Crippen LogP contribution in [0, 0.1) is 10.1 Å². The minimum Gasteiger partial charge on any atom is -0.463 e. The molecule has 1 aliphatic rings. The van der Waals surface area contributed by atoms with Gasteiger partial charge in [0.15, 0.2) is 0 Å². The highest BCUT2D eigenvalue weighted by Crippen LogP contribution is 2.33. The van der Waals surface area contributed by atoms with Crippen LogP contribution in [0.4, 0.5) is 5.82 Å². The Hall–Kier alpha value is -3.24. The molecule has 0 saturated carbocycles. The smallest absolute Gasteiger partial charge is 0.383 e. The Balaban J connectivity index is 1.73. The third-order valence-electron chi connectivity index (χ3n) is 5.75. The second kappa shape index (κ2) is 10.8. The average Bonchev–Trinajstić information content (AvgIpc) is 3.35. The van der Waals surface area contributed by atoms with E-state index >= 15 is 0 Å². The number of aliphatic hydroxyl groups is 1. The summed E-state index contributed by atoms with van der Waals surface area (Å²) in [5, 5.41) is 25.1. The van der Waals surface area contributed by atoms with Crippen molar-refractivity contribution in [2.75, 3.05) is 6.61 Å². The van der Waals surface area contributed by atoms with Crippen LogP contribution in [0.5, 0.6) is 0 Å². The molecule has 2 aromatic rings. The van der Waals surface area contributed by atoms with E-state index < -0.39 is 22.3 Å². The normalized spacial score (nSPS) is 19.3. The van der Waals surface area contributed by atoms with Crippen molar-refractivity contribution in [3.8, 4) is 0 Å². The second-order valence-corrected chi connectivity index (χ2v) is 8.66. The predicted octanol–water partition coefficient (Wildman–Crippen LogP) is 3.22. The van der Waals surface area contributed by atoms with Gasteiger partial charge < -0.3 is 25.3 Å². The molecule has 0 spiro atoms. The van der Waals surface area contributed by atoms with Crippen molar-refractivity contribution < 1.29 is 24.4 Å². The molecule has 1 aromatic carbocycles. The number of esters is 1. The Morgan fingerprint density at radius 1 is 1.47 bits per heavy atom. The molecule has 1 saturated heterocycles. The zero-order valence-corrected chi connectivity index (χ0v) is 19.5. The quantitative estimate of drug-likeness (QED) is 0.213. The molecule has 2 heterocycles. The molecule has 1 aliphatic heterocycles. The number of aromatic nitrogens is 2.